The van der Waals surface area contributed by atoms with E-state index in [4.69, 9.17) is 10.8 Å². The molecule has 0 aliphatic rings. The SMILES string of the molecule is CS(=O)(=O)CCSc1nccc(C(=O)O)c1N. The smallest absolute Gasteiger partial charge is 0.337 e. The van der Waals surface area contributed by atoms with E-state index in [0.29, 0.717) is 10.8 Å². The van der Waals surface area contributed by atoms with Crippen LogP contribution in [-0.2, 0) is 9.84 Å². The number of nitrogen functional groups attached to an aromatic ring is 1. The molecule has 0 radical (unpaired) electrons. The lowest BCUT2D eigenvalue weighted by atomic mass is 10.2. The number of pyridine rings is 1. The van der Waals surface area contributed by atoms with Crippen LogP contribution in [0.4, 0.5) is 5.69 Å². The number of hydrogen-bond donors (Lipinski definition) is 2. The van der Waals surface area contributed by atoms with E-state index in [0.717, 1.165) is 18.0 Å². The molecule has 3 N–H and O–H groups in total. The number of anilines is 1. The summed E-state index contributed by atoms with van der Waals surface area (Å²) in [6, 6.07) is 1.30. The standard InChI is InChI=1S/C9H12N2O4S2/c1-17(14,15)5-4-16-8-7(10)6(9(12)13)2-3-11-8/h2-3H,4-5,10H2,1H3,(H,12,13). The Kier molecular flexibility index (Phi) is 4.35. The third-order valence-electron chi connectivity index (χ3n) is 1.88. The Morgan fingerprint density at radius 1 is 1.59 bits per heavy atom. The van der Waals surface area contributed by atoms with Gasteiger partial charge in [0.05, 0.1) is 17.0 Å². The van der Waals surface area contributed by atoms with Gasteiger partial charge in [-0.3, -0.25) is 0 Å². The third kappa shape index (κ3) is 4.23. The monoisotopic (exact) mass is 276 g/mol. The van der Waals surface area contributed by atoms with E-state index < -0.39 is 15.8 Å². The minimum Gasteiger partial charge on any atom is -0.478 e. The van der Waals surface area contributed by atoms with Crippen molar-refractivity contribution in [3.63, 3.8) is 0 Å². The quantitative estimate of drug-likeness (QED) is 0.753. The predicted molar refractivity (Wildman–Crippen MR) is 66.0 cm³/mol. The van der Waals surface area contributed by atoms with Crippen LogP contribution in [0, 0.1) is 0 Å². The summed E-state index contributed by atoms with van der Waals surface area (Å²) in [5.41, 5.74) is 5.66. The largest absolute Gasteiger partial charge is 0.478 e. The van der Waals surface area contributed by atoms with Gasteiger partial charge in [0, 0.05) is 18.2 Å². The number of rotatable bonds is 5. The normalized spacial score (nSPS) is 11.4. The zero-order valence-electron chi connectivity index (χ0n) is 9.08. The van der Waals surface area contributed by atoms with E-state index >= 15 is 0 Å². The third-order valence-corrected chi connectivity index (χ3v) is 4.09. The molecule has 0 atom stereocenters. The molecular formula is C9H12N2O4S2. The van der Waals surface area contributed by atoms with Crippen LogP contribution in [0.2, 0.25) is 0 Å². The fourth-order valence-electron chi connectivity index (χ4n) is 1.05. The molecule has 0 fully saturated rings. The number of carboxylic acids is 1. The van der Waals surface area contributed by atoms with Crippen molar-refractivity contribution in [1.29, 1.82) is 0 Å². The maximum Gasteiger partial charge on any atom is 0.337 e. The first-order valence-electron chi connectivity index (χ1n) is 4.59. The van der Waals surface area contributed by atoms with Crippen LogP contribution < -0.4 is 5.73 Å². The average molecular weight is 276 g/mol. The van der Waals surface area contributed by atoms with Crippen molar-refractivity contribution in [3.05, 3.63) is 17.8 Å². The van der Waals surface area contributed by atoms with E-state index in [1.807, 2.05) is 0 Å². The zero-order valence-corrected chi connectivity index (χ0v) is 10.7. The molecule has 0 aromatic carbocycles. The summed E-state index contributed by atoms with van der Waals surface area (Å²) in [7, 11) is -3.04. The van der Waals surface area contributed by atoms with E-state index in [1.165, 1.54) is 12.3 Å². The lowest BCUT2D eigenvalue weighted by Crippen LogP contribution is -2.07. The molecule has 0 aliphatic carbocycles. The first-order chi connectivity index (χ1) is 7.81. The van der Waals surface area contributed by atoms with Gasteiger partial charge in [0.2, 0.25) is 0 Å². The molecule has 94 valence electrons. The summed E-state index contributed by atoms with van der Waals surface area (Å²) >= 11 is 1.13. The Bertz CT molecular complexity index is 528. The topological polar surface area (TPSA) is 110 Å². The average Bonchev–Trinajstić information content (AvgIpc) is 2.18. The van der Waals surface area contributed by atoms with Crippen LogP contribution in [0.25, 0.3) is 0 Å². The highest BCUT2D eigenvalue weighted by Gasteiger charge is 2.13. The van der Waals surface area contributed by atoms with Crippen molar-refractivity contribution >= 4 is 33.3 Å². The van der Waals surface area contributed by atoms with Gasteiger partial charge in [-0.25, -0.2) is 18.2 Å². The van der Waals surface area contributed by atoms with Crippen LogP contribution in [0.5, 0.6) is 0 Å². The van der Waals surface area contributed by atoms with E-state index in [-0.39, 0.29) is 17.0 Å². The van der Waals surface area contributed by atoms with Crippen LogP contribution in [-0.4, -0.2) is 42.2 Å². The Balaban J connectivity index is 2.79. The Hall–Kier alpha value is -1.28. The highest BCUT2D eigenvalue weighted by Crippen LogP contribution is 2.25. The van der Waals surface area contributed by atoms with Crippen LogP contribution in [0.1, 0.15) is 10.4 Å². The highest BCUT2D eigenvalue weighted by molar-refractivity contribution is 8.00. The van der Waals surface area contributed by atoms with Crippen molar-refractivity contribution < 1.29 is 18.3 Å². The van der Waals surface area contributed by atoms with Gasteiger partial charge in [0.1, 0.15) is 14.9 Å². The number of nitrogens with two attached hydrogens (primary N) is 1. The summed E-state index contributed by atoms with van der Waals surface area (Å²) in [5.74, 6) is -0.843. The Labute approximate surface area is 103 Å². The lowest BCUT2D eigenvalue weighted by Gasteiger charge is -2.06. The van der Waals surface area contributed by atoms with Gasteiger partial charge in [-0.05, 0) is 6.07 Å². The minimum atomic E-state index is -3.04. The first-order valence-corrected chi connectivity index (χ1v) is 7.64. The summed E-state index contributed by atoms with van der Waals surface area (Å²) in [4.78, 5) is 14.7. The number of thioether (sulfide) groups is 1. The summed E-state index contributed by atoms with van der Waals surface area (Å²) < 4.78 is 21.8. The van der Waals surface area contributed by atoms with Gasteiger partial charge < -0.3 is 10.8 Å². The van der Waals surface area contributed by atoms with Gasteiger partial charge in [-0.15, -0.1) is 11.8 Å². The van der Waals surface area contributed by atoms with Crippen LogP contribution >= 0.6 is 11.8 Å². The molecule has 6 nitrogen and oxygen atoms in total. The molecule has 1 aromatic heterocycles. The molecule has 17 heavy (non-hydrogen) atoms. The van der Waals surface area contributed by atoms with Crippen molar-refractivity contribution in [2.24, 2.45) is 0 Å². The summed E-state index contributed by atoms with van der Waals surface area (Å²) in [5, 5.41) is 9.17. The van der Waals surface area contributed by atoms with Gasteiger partial charge in [0.15, 0.2) is 0 Å². The van der Waals surface area contributed by atoms with E-state index in [9.17, 15) is 13.2 Å². The molecule has 0 bridgehead atoms. The molecule has 1 rings (SSSR count). The second-order valence-corrected chi connectivity index (χ2v) is 6.70. The van der Waals surface area contributed by atoms with Gasteiger partial charge in [-0.2, -0.15) is 0 Å². The first kappa shape index (κ1) is 13.8. The maximum atomic E-state index is 10.9. The molecule has 0 unspecified atom stereocenters. The molecule has 0 aliphatic heterocycles. The molecular weight excluding hydrogens is 264 g/mol. The predicted octanol–water partition coefficient (Wildman–Crippen LogP) is 0.499. The summed E-state index contributed by atoms with van der Waals surface area (Å²) in [6.07, 6.45) is 2.47. The van der Waals surface area contributed by atoms with Gasteiger partial charge in [-0.1, -0.05) is 0 Å². The number of sulfone groups is 1. The van der Waals surface area contributed by atoms with Crippen LogP contribution in [0.3, 0.4) is 0 Å². The molecule has 1 aromatic rings. The number of aromatic carboxylic acids is 1. The lowest BCUT2D eigenvalue weighted by molar-refractivity contribution is 0.0697. The second-order valence-electron chi connectivity index (χ2n) is 3.36. The molecule has 1 heterocycles. The van der Waals surface area contributed by atoms with E-state index in [2.05, 4.69) is 4.98 Å². The maximum absolute atomic E-state index is 10.9. The van der Waals surface area contributed by atoms with Gasteiger partial charge >= 0.3 is 5.97 Å². The molecule has 8 heteroatoms. The second kappa shape index (κ2) is 5.37. The molecule has 0 saturated carbocycles. The summed E-state index contributed by atoms with van der Waals surface area (Å²) in [6.45, 7) is 0. The van der Waals surface area contributed by atoms with Crippen molar-refractivity contribution in [3.8, 4) is 0 Å². The number of nitrogens with zero attached hydrogens (tertiary/aromatic N) is 1. The van der Waals surface area contributed by atoms with Crippen molar-refractivity contribution in [2.45, 2.75) is 5.03 Å². The number of hydrogen-bond acceptors (Lipinski definition) is 6. The number of aromatic nitrogens is 1. The van der Waals surface area contributed by atoms with Gasteiger partial charge in [0.25, 0.3) is 0 Å². The molecule has 0 amide bonds. The fraction of sp³-hybridized carbons (Fsp3) is 0.333. The Morgan fingerprint density at radius 2 is 2.24 bits per heavy atom. The van der Waals surface area contributed by atoms with Crippen molar-refractivity contribution in [2.75, 3.05) is 23.5 Å². The number of carbonyl (C=O) groups is 1. The Morgan fingerprint density at radius 3 is 2.76 bits per heavy atom. The van der Waals surface area contributed by atoms with Crippen molar-refractivity contribution in [1.82, 2.24) is 4.98 Å². The highest BCUT2D eigenvalue weighted by atomic mass is 32.2. The zero-order chi connectivity index (χ0) is 13.1. The minimum absolute atomic E-state index is 0.00388. The van der Waals surface area contributed by atoms with Crippen LogP contribution in [0.15, 0.2) is 17.3 Å². The van der Waals surface area contributed by atoms with E-state index in [1.54, 1.807) is 0 Å². The molecule has 0 saturated heterocycles. The number of carboxylic acid groups (broad SMARTS) is 1. The molecule has 0 spiro atoms. The fourth-order valence-corrected chi connectivity index (χ4v) is 3.18.